The van der Waals surface area contributed by atoms with Crippen molar-refractivity contribution in [2.45, 2.75) is 19.6 Å². The Morgan fingerprint density at radius 2 is 1.91 bits per heavy atom. The lowest BCUT2D eigenvalue weighted by molar-refractivity contribution is 1.04. The van der Waals surface area contributed by atoms with E-state index >= 15 is 0 Å². The second kappa shape index (κ2) is 7.15. The predicted octanol–water partition coefficient (Wildman–Crippen LogP) is 4.24. The van der Waals surface area contributed by atoms with Gasteiger partial charge in [-0.1, -0.05) is 30.3 Å². The van der Waals surface area contributed by atoms with E-state index in [4.69, 9.17) is 12.2 Å². The molecule has 0 fully saturated rings. The first-order valence-corrected chi connectivity index (χ1v) is 9.06. The van der Waals surface area contributed by atoms with Crippen LogP contribution in [0.1, 0.15) is 22.3 Å². The number of nitrogens with zero attached hydrogens (tertiary/aromatic N) is 1. The Bertz CT molecular complexity index is 769. The minimum Gasteiger partial charge on any atom is -0.331 e. The molecule has 0 atom stereocenters. The van der Waals surface area contributed by atoms with E-state index in [1.165, 1.54) is 22.3 Å². The van der Waals surface area contributed by atoms with Crippen molar-refractivity contribution >= 4 is 40.5 Å². The largest absolute Gasteiger partial charge is 0.331 e. The number of rotatable bonds is 2. The van der Waals surface area contributed by atoms with Crippen LogP contribution in [-0.4, -0.2) is 16.6 Å². The smallest absolute Gasteiger partial charge is 0.191 e. The number of thioether (sulfide) groups is 1. The number of thiocarbonyl (C=S) groups is 1. The summed E-state index contributed by atoms with van der Waals surface area (Å²) in [6, 6.07) is 14.6. The van der Waals surface area contributed by atoms with Crippen LogP contribution in [0.2, 0.25) is 0 Å². The summed E-state index contributed by atoms with van der Waals surface area (Å²) in [5, 5.41) is 8.19. The molecular weight excluding hydrogens is 322 g/mol. The maximum Gasteiger partial charge on any atom is 0.191 e. The highest BCUT2D eigenvalue weighted by molar-refractivity contribution is 7.99. The fourth-order valence-corrected chi connectivity index (χ4v) is 3.60. The van der Waals surface area contributed by atoms with Crippen molar-refractivity contribution in [1.29, 1.82) is 0 Å². The molecule has 23 heavy (non-hydrogen) atoms. The highest BCUT2D eigenvalue weighted by Crippen LogP contribution is 2.24. The van der Waals surface area contributed by atoms with Gasteiger partial charge in [0.05, 0.1) is 5.71 Å². The molecule has 0 saturated heterocycles. The minimum atomic E-state index is 0.508. The van der Waals surface area contributed by atoms with Gasteiger partial charge in [0.2, 0.25) is 0 Å². The number of hydrogen-bond acceptors (Lipinski definition) is 3. The third kappa shape index (κ3) is 3.92. The summed E-state index contributed by atoms with van der Waals surface area (Å²) in [5.74, 6) is 1.94. The molecule has 2 N–H and O–H groups in total. The first-order chi connectivity index (χ1) is 11.1. The number of hydrazone groups is 1. The normalized spacial score (nSPS) is 15.1. The van der Waals surface area contributed by atoms with Gasteiger partial charge in [-0.05, 0) is 54.9 Å². The first-order valence-electron chi connectivity index (χ1n) is 7.50. The molecule has 0 radical (unpaired) electrons. The second-order valence-electron chi connectivity index (χ2n) is 5.57. The highest BCUT2D eigenvalue weighted by atomic mass is 32.2. The van der Waals surface area contributed by atoms with Crippen LogP contribution in [-0.2, 0) is 5.75 Å². The van der Waals surface area contributed by atoms with Crippen LogP contribution in [0, 0.1) is 13.8 Å². The number of fused-ring (bicyclic) bond motifs is 1. The lowest BCUT2D eigenvalue weighted by atomic mass is 10.1. The molecule has 3 rings (SSSR count). The fourth-order valence-electron chi connectivity index (χ4n) is 2.45. The molecule has 1 aliphatic rings. The molecule has 1 heterocycles. The summed E-state index contributed by atoms with van der Waals surface area (Å²) in [6.45, 7) is 4.19. The number of aryl methyl sites for hydroxylation is 2. The Kier molecular flexibility index (Phi) is 4.98. The van der Waals surface area contributed by atoms with E-state index in [0.717, 1.165) is 22.9 Å². The van der Waals surface area contributed by atoms with Crippen LogP contribution in [0.4, 0.5) is 5.69 Å². The minimum absolute atomic E-state index is 0.508. The first kappa shape index (κ1) is 16.0. The van der Waals surface area contributed by atoms with Crippen molar-refractivity contribution in [3.63, 3.8) is 0 Å². The Morgan fingerprint density at radius 1 is 1.09 bits per heavy atom. The van der Waals surface area contributed by atoms with Crippen LogP contribution in [0.15, 0.2) is 47.6 Å². The lowest BCUT2D eigenvalue weighted by Crippen LogP contribution is -2.27. The fraction of sp³-hybridized carbons (Fsp3) is 0.222. The number of benzene rings is 2. The van der Waals surface area contributed by atoms with Crippen molar-refractivity contribution < 1.29 is 0 Å². The molecule has 0 spiro atoms. The van der Waals surface area contributed by atoms with E-state index in [9.17, 15) is 0 Å². The van der Waals surface area contributed by atoms with Gasteiger partial charge in [0.15, 0.2) is 5.11 Å². The highest BCUT2D eigenvalue weighted by Gasteiger charge is 2.15. The van der Waals surface area contributed by atoms with E-state index in [0.29, 0.717) is 5.11 Å². The summed E-state index contributed by atoms with van der Waals surface area (Å²) in [7, 11) is 0. The molecule has 1 aliphatic heterocycles. The number of nitrogens with one attached hydrogen (secondary N) is 2. The molecule has 0 saturated carbocycles. The molecule has 0 aliphatic carbocycles. The van der Waals surface area contributed by atoms with Crippen LogP contribution < -0.4 is 10.7 Å². The maximum absolute atomic E-state index is 5.34. The maximum atomic E-state index is 5.34. The van der Waals surface area contributed by atoms with Crippen molar-refractivity contribution in [2.75, 3.05) is 11.1 Å². The molecule has 0 bridgehead atoms. The summed E-state index contributed by atoms with van der Waals surface area (Å²) < 4.78 is 0. The van der Waals surface area contributed by atoms with Crippen molar-refractivity contribution in [3.05, 3.63) is 64.7 Å². The van der Waals surface area contributed by atoms with Gasteiger partial charge >= 0.3 is 0 Å². The lowest BCUT2D eigenvalue weighted by Gasteiger charge is -2.17. The van der Waals surface area contributed by atoms with Gasteiger partial charge in [0.25, 0.3) is 0 Å². The molecule has 2 aromatic rings. The monoisotopic (exact) mass is 341 g/mol. The average Bonchev–Trinajstić information content (AvgIpc) is 2.56. The molecule has 3 nitrogen and oxygen atoms in total. The van der Waals surface area contributed by atoms with E-state index in [2.05, 4.69) is 66.1 Å². The third-order valence-corrected chi connectivity index (χ3v) is 5.07. The molecule has 2 aromatic carbocycles. The van der Waals surface area contributed by atoms with Gasteiger partial charge in [-0.15, -0.1) is 0 Å². The Balaban J connectivity index is 1.68. The standard InChI is InChI=1S/C18H19N3S2/c1-12-7-8-15(9-13(12)2)19-18(22)21-20-17-11-23-10-14-5-3-4-6-16(14)17/h3-9H,10-11H2,1-2H3,(H2,19,21,22). The van der Waals surface area contributed by atoms with Gasteiger partial charge in [-0.2, -0.15) is 16.9 Å². The number of hydrogen-bond donors (Lipinski definition) is 2. The Labute approximate surface area is 146 Å². The van der Waals surface area contributed by atoms with Gasteiger partial charge in [0, 0.05) is 22.8 Å². The quantitative estimate of drug-likeness (QED) is 0.633. The number of anilines is 1. The van der Waals surface area contributed by atoms with Crippen molar-refractivity contribution in [2.24, 2.45) is 5.10 Å². The van der Waals surface area contributed by atoms with Crippen molar-refractivity contribution in [3.8, 4) is 0 Å². The van der Waals surface area contributed by atoms with E-state index in [1.807, 2.05) is 17.8 Å². The van der Waals surface area contributed by atoms with Gasteiger partial charge < -0.3 is 5.32 Å². The van der Waals surface area contributed by atoms with Crippen molar-refractivity contribution in [1.82, 2.24) is 5.43 Å². The summed E-state index contributed by atoms with van der Waals surface area (Å²) in [4.78, 5) is 0. The molecule has 0 aromatic heterocycles. The average molecular weight is 342 g/mol. The zero-order valence-electron chi connectivity index (χ0n) is 13.2. The zero-order chi connectivity index (χ0) is 16.2. The van der Waals surface area contributed by atoms with Gasteiger partial charge in [-0.25, -0.2) is 0 Å². The molecule has 0 amide bonds. The molecular formula is C18H19N3S2. The molecule has 0 unspecified atom stereocenters. The Morgan fingerprint density at radius 3 is 2.74 bits per heavy atom. The van der Waals surface area contributed by atoms with Gasteiger partial charge in [-0.3, -0.25) is 5.43 Å². The Hall–Kier alpha value is -1.85. The van der Waals surface area contributed by atoms with E-state index in [1.54, 1.807) is 0 Å². The van der Waals surface area contributed by atoms with Crippen LogP contribution in [0.3, 0.4) is 0 Å². The van der Waals surface area contributed by atoms with E-state index < -0.39 is 0 Å². The van der Waals surface area contributed by atoms with Crippen LogP contribution in [0.5, 0.6) is 0 Å². The van der Waals surface area contributed by atoms with Gasteiger partial charge in [0.1, 0.15) is 0 Å². The third-order valence-electron chi connectivity index (χ3n) is 3.88. The predicted molar refractivity (Wildman–Crippen MR) is 104 cm³/mol. The van der Waals surface area contributed by atoms with E-state index in [-0.39, 0.29) is 0 Å². The second-order valence-corrected chi connectivity index (χ2v) is 6.97. The molecule has 118 valence electrons. The summed E-state index contributed by atoms with van der Waals surface area (Å²) >= 11 is 7.21. The summed E-state index contributed by atoms with van der Waals surface area (Å²) in [5.41, 5.74) is 10.0. The topological polar surface area (TPSA) is 36.4 Å². The summed E-state index contributed by atoms with van der Waals surface area (Å²) in [6.07, 6.45) is 0. The van der Waals surface area contributed by atoms with Crippen LogP contribution in [0.25, 0.3) is 0 Å². The zero-order valence-corrected chi connectivity index (χ0v) is 14.9. The SMILES string of the molecule is Cc1ccc(NC(=S)NN=C2CSCc3ccccc32)cc1C. The molecule has 5 heteroatoms. The van der Waals surface area contributed by atoms with Crippen LogP contribution >= 0.6 is 24.0 Å².